The molecule has 0 aromatic heterocycles. The monoisotopic (exact) mass is 201 g/mol. The highest BCUT2D eigenvalue weighted by Crippen LogP contribution is 2.21. The molecule has 1 heteroatoms. The molecule has 1 aliphatic heterocycles. The van der Waals surface area contributed by atoms with Gasteiger partial charge in [-0.1, -0.05) is 30.3 Å². The van der Waals surface area contributed by atoms with Gasteiger partial charge in [0.25, 0.3) is 0 Å². The number of hydrogen-bond donors (Lipinski definition) is 0. The van der Waals surface area contributed by atoms with Gasteiger partial charge in [0.2, 0.25) is 0 Å². The number of benzene rings is 1. The van der Waals surface area contributed by atoms with E-state index in [0.717, 1.165) is 0 Å². The van der Waals surface area contributed by atoms with Gasteiger partial charge in [-0.15, -0.1) is 0 Å². The van der Waals surface area contributed by atoms with Crippen molar-refractivity contribution in [2.45, 2.75) is 32.7 Å². The van der Waals surface area contributed by atoms with Gasteiger partial charge >= 0.3 is 0 Å². The van der Waals surface area contributed by atoms with Crippen molar-refractivity contribution in [3.8, 4) is 0 Å². The second-order valence-electron chi connectivity index (χ2n) is 4.41. The van der Waals surface area contributed by atoms with Crippen molar-refractivity contribution < 1.29 is 0 Å². The first-order chi connectivity index (χ1) is 7.27. The van der Waals surface area contributed by atoms with Crippen molar-refractivity contribution in [2.75, 3.05) is 6.54 Å². The summed E-state index contributed by atoms with van der Waals surface area (Å²) in [5, 5.41) is 0. The number of nitrogens with zero attached hydrogens (tertiary/aromatic N) is 1. The number of allylic oxidation sites excluding steroid dienone is 1. The molecule has 80 valence electrons. The summed E-state index contributed by atoms with van der Waals surface area (Å²) in [7, 11) is 0. The molecule has 0 spiro atoms. The predicted molar refractivity (Wildman–Crippen MR) is 65.5 cm³/mol. The highest BCUT2D eigenvalue weighted by molar-refractivity contribution is 5.63. The van der Waals surface area contributed by atoms with Gasteiger partial charge < -0.3 is 4.90 Å². The van der Waals surface area contributed by atoms with Gasteiger partial charge in [0.15, 0.2) is 0 Å². The number of hydrogen-bond acceptors (Lipinski definition) is 1. The zero-order valence-electron chi connectivity index (χ0n) is 9.61. The van der Waals surface area contributed by atoms with Gasteiger partial charge in [0, 0.05) is 18.8 Å². The second-order valence-corrected chi connectivity index (χ2v) is 4.41. The fraction of sp³-hybridized carbons (Fsp3) is 0.429. The Morgan fingerprint density at radius 3 is 2.67 bits per heavy atom. The minimum Gasteiger partial charge on any atom is -0.374 e. The standard InChI is InChI=1S/C14H19N/c1-12(14-8-4-3-5-9-14)11-15-10-6-7-13(15)2/h3-5,8-9,11,13H,6-7,10H2,1-2H3/b12-11-/t13-/m1/s1. The first-order valence-corrected chi connectivity index (χ1v) is 5.77. The summed E-state index contributed by atoms with van der Waals surface area (Å²) in [5.74, 6) is 0. The Kier molecular flexibility index (Phi) is 3.10. The summed E-state index contributed by atoms with van der Waals surface area (Å²) < 4.78 is 0. The summed E-state index contributed by atoms with van der Waals surface area (Å²) >= 11 is 0. The van der Waals surface area contributed by atoms with Gasteiger partial charge in [-0.3, -0.25) is 0 Å². The Balaban J connectivity index is 2.13. The van der Waals surface area contributed by atoms with Gasteiger partial charge in [-0.2, -0.15) is 0 Å². The molecule has 0 amide bonds. The fourth-order valence-corrected chi connectivity index (χ4v) is 2.17. The molecule has 1 saturated heterocycles. The lowest BCUT2D eigenvalue weighted by molar-refractivity contribution is 0.373. The lowest BCUT2D eigenvalue weighted by Crippen LogP contribution is -2.20. The Hall–Kier alpha value is -1.24. The van der Waals surface area contributed by atoms with Crippen LogP contribution in [0.25, 0.3) is 5.57 Å². The fourth-order valence-electron chi connectivity index (χ4n) is 2.17. The molecule has 1 aliphatic rings. The van der Waals surface area contributed by atoms with E-state index < -0.39 is 0 Å². The summed E-state index contributed by atoms with van der Waals surface area (Å²) in [5.41, 5.74) is 2.70. The topological polar surface area (TPSA) is 3.24 Å². The Morgan fingerprint density at radius 1 is 1.33 bits per heavy atom. The van der Waals surface area contributed by atoms with E-state index in [9.17, 15) is 0 Å². The minimum atomic E-state index is 0.712. The average Bonchev–Trinajstić information content (AvgIpc) is 2.66. The summed E-state index contributed by atoms with van der Waals surface area (Å²) in [6.07, 6.45) is 4.98. The second kappa shape index (κ2) is 4.52. The molecule has 1 heterocycles. The van der Waals surface area contributed by atoms with Gasteiger partial charge in [-0.05, 0) is 37.8 Å². The smallest absolute Gasteiger partial charge is 0.0256 e. The molecular weight excluding hydrogens is 182 g/mol. The van der Waals surface area contributed by atoms with Crippen LogP contribution in [0, 0.1) is 0 Å². The highest BCUT2D eigenvalue weighted by atomic mass is 15.2. The maximum atomic E-state index is 2.46. The normalized spacial score (nSPS) is 22.1. The maximum Gasteiger partial charge on any atom is 0.0256 e. The van der Waals surface area contributed by atoms with Crippen LogP contribution in [0.2, 0.25) is 0 Å². The molecule has 0 N–H and O–H groups in total. The third kappa shape index (κ3) is 2.41. The predicted octanol–water partition coefficient (Wildman–Crippen LogP) is 3.53. The molecular formula is C14H19N. The average molecular weight is 201 g/mol. The first kappa shape index (κ1) is 10.3. The third-order valence-electron chi connectivity index (χ3n) is 3.19. The highest BCUT2D eigenvalue weighted by Gasteiger charge is 2.16. The van der Waals surface area contributed by atoms with Crippen molar-refractivity contribution in [2.24, 2.45) is 0 Å². The molecule has 0 unspecified atom stereocenters. The summed E-state index contributed by atoms with van der Waals surface area (Å²) in [6.45, 7) is 5.72. The van der Waals surface area contributed by atoms with E-state index in [0.29, 0.717) is 6.04 Å². The number of rotatable bonds is 2. The molecule has 0 bridgehead atoms. The molecule has 1 aromatic rings. The molecule has 1 nitrogen and oxygen atoms in total. The van der Waals surface area contributed by atoms with Crippen molar-refractivity contribution in [3.05, 3.63) is 42.1 Å². The molecule has 15 heavy (non-hydrogen) atoms. The SMILES string of the molecule is C/C(=C/N1CCC[C@H]1C)c1ccccc1. The van der Waals surface area contributed by atoms with Crippen LogP contribution >= 0.6 is 0 Å². The van der Waals surface area contributed by atoms with Crippen molar-refractivity contribution >= 4 is 5.57 Å². The molecule has 0 radical (unpaired) electrons. The van der Waals surface area contributed by atoms with E-state index in [1.807, 2.05) is 0 Å². The first-order valence-electron chi connectivity index (χ1n) is 5.77. The van der Waals surface area contributed by atoms with Gasteiger partial charge in [-0.25, -0.2) is 0 Å². The maximum absolute atomic E-state index is 2.46. The minimum absolute atomic E-state index is 0.712. The van der Waals surface area contributed by atoms with E-state index in [4.69, 9.17) is 0 Å². The zero-order chi connectivity index (χ0) is 10.7. The van der Waals surface area contributed by atoms with E-state index in [2.05, 4.69) is 55.3 Å². The van der Waals surface area contributed by atoms with Gasteiger partial charge in [0.1, 0.15) is 0 Å². The van der Waals surface area contributed by atoms with E-state index in [1.54, 1.807) is 0 Å². The van der Waals surface area contributed by atoms with Crippen LogP contribution in [-0.2, 0) is 0 Å². The Morgan fingerprint density at radius 2 is 2.07 bits per heavy atom. The summed E-state index contributed by atoms with van der Waals surface area (Å²) in [4.78, 5) is 2.46. The van der Waals surface area contributed by atoms with Crippen LogP contribution < -0.4 is 0 Å². The largest absolute Gasteiger partial charge is 0.374 e. The van der Waals surface area contributed by atoms with Gasteiger partial charge in [0.05, 0.1) is 0 Å². The van der Waals surface area contributed by atoms with Crippen LogP contribution in [0.1, 0.15) is 32.3 Å². The summed E-state index contributed by atoms with van der Waals surface area (Å²) in [6, 6.07) is 11.3. The van der Waals surface area contributed by atoms with Crippen LogP contribution in [0.4, 0.5) is 0 Å². The Labute approximate surface area is 92.4 Å². The number of likely N-dealkylation sites (tertiary alicyclic amines) is 1. The van der Waals surface area contributed by atoms with Crippen molar-refractivity contribution in [1.29, 1.82) is 0 Å². The third-order valence-corrected chi connectivity index (χ3v) is 3.19. The van der Waals surface area contributed by atoms with E-state index in [-0.39, 0.29) is 0 Å². The van der Waals surface area contributed by atoms with Crippen LogP contribution in [0.15, 0.2) is 36.5 Å². The Bertz CT molecular complexity index is 340. The molecule has 1 aromatic carbocycles. The quantitative estimate of drug-likeness (QED) is 0.707. The van der Waals surface area contributed by atoms with Crippen LogP contribution in [0.3, 0.4) is 0 Å². The van der Waals surface area contributed by atoms with Crippen LogP contribution in [-0.4, -0.2) is 17.5 Å². The molecule has 2 rings (SSSR count). The van der Waals surface area contributed by atoms with Crippen molar-refractivity contribution in [1.82, 2.24) is 4.90 Å². The zero-order valence-corrected chi connectivity index (χ0v) is 9.61. The molecule has 1 atom stereocenters. The molecule has 1 fully saturated rings. The lowest BCUT2D eigenvalue weighted by Gasteiger charge is -2.20. The lowest BCUT2D eigenvalue weighted by atomic mass is 10.1. The molecule has 0 saturated carbocycles. The van der Waals surface area contributed by atoms with Crippen LogP contribution in [0.5, 0.6) is 0 Å². The van der Waals surface area contributed by atoms with Crippen molar-refractivity contribution in [3.63, 3.8) is 0 Å². The van der Waals surface area contributed by atoms with E-state index in [1.165, 1.54) is 30.5 Å². The molecule has 0 aliphatic carbocycles. The van der Waals surface area contributed by atoms with E-state index >= 15 is 0 Å².